The highest BCUT2D eigenvalue weighted by Crippen LogP contribution is 2.36. The van der Waals surface area contributed by atoms with Gasteiger partial charge in [-0.05, 0) is 42.3 Å². The van der Waals surface area contributed by atoms with Gasteiger partial charge >= 0.3 is 0 Å². The number of rotatable bonds is 6. The van der Waals surface area contributed by atoms with Gasteiger partial charge in [-0.25, -0.2) is 10.1 Å². The lowest BCUT2D eigenvalue weighted by Gasteiger charge is -2.20. The summed E-state index contributed by atoms with van der Waals surface area (Å²) < 4.78 is 5.94. The highest BCUT2D eigenvalue weighted by molar-refractivity contribution is 5.85. The highest BCUT2D eigenvalue weighted by Gasteiger charge is 2.18. The second kappa shape index (κ2) is 9.58. The van der Waals surface area contributed by atoms with Gasteiger partial charge in [0.1, 0.15) is 11.5 Å². The number of hydrogen-bond donors (Lipinski definition) is 2. The second-order valence-electron chi connectivity index (χ2n) is 6.93. The summed E-state index contributed by atoms with van der Waals surface area (Å²) in [6, 6.07) is 17.5. The fourth-order valence-electron chi connectivity index (χ4n) is 3.07. The first kappa shape index (κ1) is 20.9. The maximum absolute atomic E-state index is 9.31. The summed E-state index contributed by atoms with van der Waals surface area (Å²) in [7, 11) is 2.00. The molecule has 1 heterocycles. The first-order valence-electron chi connectivity index (χ1n) is 9.53. The van der Waals surface area contributed by atoms with E-state index in [0.29, 0.717) is 17.1 Å². The molecule has 150 valence electrons. The molecular weight excluding hydrogens is 374 g/mol. The van der Waals surface area contributed by atoms with E-state index in [-0.39, 0.29) is 11.9 Å². The summed E-state index contributed by atoms with van der Waals surface area (Å²) in [5.41, 5.74) is 14.7. The van der Waals surface area contributed by atoms with Gasteiger partial charge < -0.3 is 21.1 Å². The van der Waals surface area contributed by atoms with E-state index < -0.39 is 0 Å². The third-order valence-corrected chi connectivity index (χ3v) is 4.74. The van der Waals surface area contributed by atoms with E-state index in [4.69, 9.17) is 22.8 Å². The van der Waals surface area contributed by atoms with Gasteiger partial charge in [0.25, 0.3) is 5.70 Å². The van der Waals surface area contributed by atoms with Crippen molar-refractivity contribution in [3.8, 4) is 11.8 Å². The number of fused-ring (bicyclic) bond motifs is 1. The van der Waals surface area contributed by atoms with Gasteiger partial charge in [0.15, 0.2) is 0 Å². The van der Waals surface area contributed by atoms with Crippen LogP contribution in [0.15, 0.2) is 72.1 Å². The zero-order chi connectivity index (χ0) is 21.5. The summed E-state index contributed by atoms with van der Waals surface area (Å²) in [6.45, 7) is 8.07. The molecule has 0 aliphatic carbocycles. The number of ether oxygens (including phenoxy) is 1. The van der Waals surface area contributed by atoms with E-state index in [1.54, 1.807) is 6.08 Å². The van der Waals surface area contributed by atoms with E-state index >= 15 is 0 Å². The van der Waals surface area contributed by atoms with E-state index in [9.17, 15) is 5.26 Å². The van der Waals surface area contributed by atoms with Crippen LogP contribution < -0.4 is 21.1 Å². The van der Waals surface area contributed by atoms with E-state index in [2.05, 4.69) is 9.74 Å². The van der Waals surface area contributed by atoms with E-state index in [1.807, 2.05) is 73.8 Å². The lowest BCUT2D eigenvalue weighted by molar-refractivity contribution is 0.439. The van der Waals surface area contributed by atoms with Crippen molar-refractivity contribution in [3.63, 3.8) is 0 Å². The molecule has 1 aliphatic heterocycles. The molecule has 0 fully saturated rings. The Morgan fingerprint density at radius 2 is 1.93 bits per heavy atom. The number of benzene rings is 2. The van der Waals surface area contributed by atoms with Crippen molar-refractivity contribution in [2.45, 2.75) is 12.6 Å². The lowest BCUT2D eigenvalue weighted by atomic mass is 9.99. The van der Waals surface area contributed by atoms with Crippen LogP contribution in [0.5, 0.6) is 5.75 Å². The standard InChI is InChI=1S/C24H23N5O/c1-28-22(16-25)21-15-19(30-23-6-4-3-5-20(21)23)12-9-17-7-10-18(11-8-17)29(2)14-13-24(26)27/h3-12,15,24H,13-14,26-27H2,2H3/b12-9+,22-21+. The summed E-state index contributed by atoms with van der Waals surface area (Å²) >= 11 is 0. The molecule has 0 atom stereocenters. The minimum atomic E-state index is -0.313. The molecule has 3 rings (SSSR count). The third kappa shape index (κ3) is 4.95. The minimum absolute atomic E-state index is 0.0428. The van der Waals surface area contributed by atoms with Gasteiger partial charge in [0, 0.05) is 30.4 Å². The Morgan fingerprint density at radius 3 is 2.60 bits per heavy atom. The molecule has 2 aromatic rings. The number of hydrogen-bond acceptors (Lipinski definition) is 5. The van der Waals surface area contributed by atoms with Crippen LogP contribution in [0.25, 0.3) is 16.5 Å². The van der Waals surface area contributed by atoms with Crippen molar-refractivity contribution in [2.24, 2.45) is 11.5 Å². The Morgan fingerprint density at radius 1 is 1.20 bits per heavy atom. The summed E-state index contributed by atoms with van der Waals surface area (Å²) in [4.78, 5) is 5.46. The van der Waals surface area contributed by atoms with Gasteiger partial charge in [0.05, 0.1) is 18.8 Å². The molecule has 0 spiro atoms. The van der Waals surface area contributed by atoms with Crippen molar-refractivity contribution in [1.29, 1.82) is 5.26 Å². The molecule has 0 saturated carbocycles. The molecule has 0 amide bonds. The molecule has 0 radical (unpaired) electrons. The monoisotopic (exact) mass is 397 g/mol. The quantitative estimate of drug-likeness (QED) is 0.438. The normalized spacial score (nSPS) is 14.4. The predicted molar refractivity (Wildman–Crippen MR) is 120 cm³/mol. The van der Waals surface area contributed by atoms with Crippen LogP contribution >= 0.6 is 0 Å². The number of anilines is 1. The summed E-state index contributed by atoms with van der Waals surface area (Å²) in [6.07, 6.45) is 5.90. The molecule has 0 unspecified atom stereocenters. The topological polar surface area (TPSA) is 92.7 Å². The Balaban J connectivity index is 1.80. The Kier molecular flexibility index (Phi) is 6.67. The molecule has 0 aromatic heterocycles. The van der Waals surface area contributed by atoms with Gasteiger partial charge in [-0.2, -0.15) is 0 Å². The van der Waals surface area contributed by atoms with Gasteiger partial charge in [-0.1, -0.05) is 36.4 Å². The lowest BCUT2D eigenvalue weighted by Crippen LogP contribution is -2.34. The Labute approximate surface area is 176 Å². The Hall–Kier alpha value is -3.84. The third-order valence-electron chi connectivity index (χ3n) is 4.74. The molecule has 0 saturated heterocycles. The van der Waals surface area contributed by atoms with Crippen molar-refractivity contribution in [3.05, 3.63) is 94.7 Å². The SMILES string of the molecule is [C-]#[N+]/C(C#N)=C1C=C(/C=C/c2ccc(N(C)CCC(N)N)cc2)Oc2ccccc2\1. The number of para-hydroxylation sites is 1. The van der Waals surface area contributed by atoms with E-state index in [0.717, 1.165) is 29.8 Å². The van der Waals surface area contributed by atoms with Crippen LogP contribution in [-0.2, 0) is 0 Å². The summed E-state index contributed by atoms with van der Waals surface area (Å²) in [5.74, 6) is 1.19. The number of nitriles is 1. The highest BCUT2D eigenvalue weighted by atomic mass is 16.5. The first-order chi connectivity index (χ1) is 14.5. The molecule has 30 heavy (non-hydrogen) atoms. The van der Waals surface area contributed by atoms with Crippen molar-refractivity contribution >= 4 is 17.3 Å². The molecular formula is C24H23N5O. The van der Waals surface area contributed by atoms with Crippen LogP contribution in [0.2, 0.25) is 0 Å². The van der Waals surface area contributed by atoms with Crippen LogP contribution in [0.3, 0.4) is 0 Å². The zero-order valence-electron chi connectivity index (χ0n) is 16.7. The largest absolute Gasteiger partial charge is 0.457 e. The predicted octanol–water partition coefficient (Wildman–Crippen LogP) is 3.90. The molecule has 6 nitrogen and oxygen atoms in total. The Bertz CT molecular complexity index is 1070. The number of nitrogens with two attached hydrogens (primary N) is 2. The van der Waals surface area contributed by atoms with Crippen molar-refractivity contribution < 1.29 is 4.74 Å². The van der Waals surface area contributed by atoms with Gasteiger partial charge in [-0.15, -0.1) is 0 Å². The van der Waals surface area contributed by atoms with Gasteiger partial charge in [-0.3, -0.25) is 0 Å². The molecule has 1 aliphatic rings. The van der Waals surface area contributed by atoms with Crippen molar-refractivity contribution in [2.75, 3.05) is 18.5 Å². The number of nitrogens with zero attached hydrogens (tertiary/aromatic N) is 3. The van der Waals surface area contributed by atoms with Crippen LogP contribution in [0.1, 0.15) is 17.5 Å². The summed E-state index contributed by atoms with van der Waals surface area (Å²) in [5, 5.41) is 9.31. The fourth-order valence-corrected chi connectivity index (χ4v) is 3.07. The molecule has 4 N–H and O–H groups in total. The average molecular weight is 397 g/mol. The van der Waals surface area contributed by atoms with Gasteiger partial charge in [0.2, 0.25) is 0 Å². The van der Waals surface area contributed by atoms with Crippen molar-refractivity contribution in [1.82, 2.24) is 0 Å². The van der Waals surface area contributed by atoms with Crippen LogP contribution in [-0.4, -0.2) is 19.8 Å². The maximum Gasteiger partial charge on any atom is 0.269 e. The minimum Gasteiger partial charge on any atom is -0.457 e. The average Bonchev–Trinajstić information content (AvgIpc) is 2.77. The fraction of sp³-hybridized carbons (Fsp3) is 0.167. The molecule has 6 heteroatoms. The smallest absolute Gasteiger partial charge is 0.269 e. The van der Waals surface area contributed by atoms with E-state index in [1.165, 1.54) is 0 Å². The van der Waals surface area contributed by atoms with Crippen LogP contribution in [0.4, 0.5) is 5.69 Å². The molecule has 0 bridgehead atoms. The zero-order valence-corrected chi connectivity index (χ0v) is 16.7. The molecule has 2 aromatic carbocycles. The van der Waals surface area contributed by atoms with Crippen LogP contribution in [0, 0.1) is 17.9 Å². The second-order valence-corrected chi connectivity index (χ2v) is 6.93. The first-order valence-corrected chi connectivity index (χ1v) is 9.53. The maximum atomic E-state index is 9.31. The number of allylic oxidation sites excluding steroid dienone is 4.